The number of hydrogen-bond acceptors (Lipinski definition) is 1. The summed E-state index contributed by atoms with van der Waals surface area (Å²) < 4.78 is 0. The smallest absolute Gasteiger partial charge is 0.0438 e. The Labute approximate surface area is 90.5 Å². The van der Waals surface area contributed by atoms with Gasteiger partial charge in [-0.2, -0.15) is 0 Å². The highest BCUT2D eigenvalue weighted by Crippen LogP contribution is 2.48. The Morgan fingerprint density at radius 1 is 1.36 bits per heavy atom. The molecular formula is C12H16ClN. The molecule has 1 aromatic rings. The van der Waals surface area contributed by atoms with E-state index in [0.29, 0.717) is 5.41 Å². The molecule has 14 heavy (non-hydrogen) atoms. The molecule has 0 radical (unpaired) electrons. The van der Waals surface area contributed by atoms with Crippen molar-refractivity contribution in [2.75, 3.05) is 13.6 Å². The highest BCUT2D eigenvalue weighted by atomic mass is 35.5. The van der Waals surface area contributed by atoms with Crippen LogP contribution in [0.1, 0.15) is 18.4 Å². The standard InChI is InChI=1S/C12H16ClN/c1-14-9-12(6-7-12)8-10-4-2-3-5-11(10)13/h2-5,14H,6-9H2,1H3. The van der Waals surface area contributed by atoms with E-state index < -0.39 is 0 Å². The minimum absolute atomic E-state index is 0.500. The quantitative estimate of drug-likeness (QED) is 0.804. The van der Waals surface area contributed by atoms with Crippen LogP contribution in [0.4, 0.5) is 0 Å². The van der Waals surface area contributed by atoms with E-state index in [2.05, 4.69) is 17.4 Å². The predicted octanol–water partition coefficient (Wildman–Crippen LogP) is 2.88. The molecule has 0 aromatic heterocycles. The van der Waals surface area contributed by atoms with Crippen LogP contribution in [0.5, 0.6) is 0 Å². The molecule has 0 bridgehead atoms. The van der Waals surface area contributed by atoms with Gasteiger partial charge in [0, 0.05) is 11.6 Å². The zero-order chi connectivity index (χ0) is 10.0. The zero-order valence-electron chi connectivity index (χ0n) is 8.52. The highest BCUT2D eigenvalue weighted by molar-refractivity contribution is 6.31. The van der Waals surface area contributed by atoms with E-state index in [4.69, 9.17) is 11.6 Å². The lowest BCUT2D eigenvalue weighted by Gasteiger charge is -2.15. The van der Waals surface area contributed by atoms with Crippen LogP contribution in [0.2, 0.25) is 5.02 Å². The van der Waals surface area contributed by atoms with Gasteiger partial charge in [-0.05, 0) is 43.4 Å². The molecule has 1 nitrogen and oxygen atoms in total. The van der Waals surface area contributed by atoms with Gasteiger partial charge in [-0.1, -0.05) is 29.8 Å². The van der Waals surface area contributed by atoms with Gasteiger partial charge >= 0.3 is 0 Å². The molecule has 1 N–H and O–H groups in total. The van der Waals surface area contributed by atoms with E-state index in [-0.39, 0.29) is 0 Å². The molecule has 2 rings (SSSR count). The maximum absolute atomic E-state index is 6.14. The first-order chi connectivity index (χ1) is 6.76. The SMILES string of the molecule is CNCC1(Cc2ccccc2Cl)CC1. The van der Waals surface area contributed by atoms with Crippen LogP contribution in [0.25, 0.3) is 0 Å². The third kappa shape index (κ3) is 2.10. The second kappa shape index (κ2) is 3.92. The first-order valence-corrected chi connectivity index (χ1v) is 5.52. The average Bonchev–Trinajstić information content (AvgIpc) is 2.90. The van der Waals surface area contributed by atoms with Crippen molar-refractivity contribution in [2.45, 2.75) is 19.3 Å². The van der Waals surface area contributed by atoms with Crippen LogP contribution < -0.4 is 5.32 Å². The molecule has 0 heterocycles. The third-order valence-electron chi connectivity index (χ3n) is 3.03. The summed E-state index contributed by atoms with van der Waals surface area (Å²) in [5, 5.41) is 4.18. The van der Waals surface area contributed by atoms with Gasteiger partial charge in [-0.15, -0.1) is 0 Å². The monoisotopic (exact) mass is 209 g/mol. The molecule has 0 spiro atoms. The van der Waals surface area contributed by atoms with Gasteiger partial charge in [-0.25, -0.2) is 0 Å². The van der Waals surface area contributed by atoms with Crippen LogP contribution in [0, 0.1) is 5.41 Å². The van der Waals surface area contributed by atoms with Crippen molar-refractivity contribution in [2.24, 2.45) is 5.41 Å². The van der Waals surface area contributed by atoms with Crippen LogP contribution >= 0.6 is 11.6 Å². The van der Waals surface area contributed by atoms with E-state index in [1.807, 2.05) is 19.2 Å². The Hall–Kier alpha value is -0.530. The number of halogens is 1. The molecule has 0 saturated heterocycles. The Kier molecular flexibility index (Phi) is 2.80. The fraction of sp³-hybridized carbons (Fsp3) is 0.500. The summed E-state index contributed by atoms with van der Waals surface area (Å²) in [6.07, 6.45) is 3.78. The van der Waals surface area contributed by atoms with Crippen LogP contribution in [-0.4, -0.2) is 13.6 Å². The Bertz CT molecular complexity index is 318. The first kappa shape index (κ1) is 10.0. The first-order valence-electron chi connectivity index (χ1n) is 5.14. The van der Waals surface area contributed by atoms with E-state index in [1.165, 1.54) is 18.4 Å². The van der Waals surface area contributed by atoms with Crippen molar-refractivity contribution in [1.82, 2.24) is 5.32 Å². The normalized spacial score (nSPS) is 18.1. The lowest BCUT2D eigenvalue weighted by Crippen LogP contribution is -2.22. The van der Waals surface area contributed by atoms with Gasteiger partial charge in [0.1, 0.15) is 0 Å². The minimum Gasteiger partial charge on any atom is -0.319 e. The van der Waals surface area contributed by atoms with Crippen molar-refractivity contribution < 1.29 is 0 Å². The zero-order valence-corrected chi connectivity index (χ0v) is 9.27. The summed E-state index contributed by atoms with van der Waals surface area (Å²) in [5.74, 6) is 0. The number of benzene rings is 1. The molecule has 0 amide bonds. The van der Waals surface area contributed by atoms with Gasteiger partial charge < -0.3 is 5.32 Å². The molecule has 0 aliphatic heterocycles. The summed E-state index contributed by atoms with van der Waals surface area (Å²) in [5.41, 5.74) is 1.79. The molecule has 1 fully saturated rings. The van der Waals surface area contributed by atoms with Crippen molar-refractivity contribution in [3.63, 3.8) is 0 Å². The summed E-state index contributed by atoms with van der Waals surface area (Å²) in [6, 6.07) is 8.17. The number of nitrogens with one attached hydrogen (secondary N) is 1. The van der Waals surface area contributed by atoms with Gasteiger partial charge in [0.25, 0.3) is 0 Å². The molecule has 1 aromatic carbocycles. The van der Waals surface area contributed by atoms with Crippen molar-refractivity contribution >= 4 is 11.6 Å². The molecule has 1 saturated carbocycles. The fourth-order valence-electron chi connectivity index (χ4n) is 2.01. The lowest BCUT2D eigenvalue weighted by atomic mass is 9.96. The topological polar surface area (TPSA) is 12.0 Å². The minimum atomic E-state index is 0.500. The Morgan fingerprint density at radius 2 is 2.07 bits per heavy atom. The Balaban J connectivity index is 2.07. The summed E-state index contributed by atoms with van der Waals surface area (Å²) in [4.78, 5) is 0. The fourth-order valence-corrected chi connectivity index (χ4v) is 2.22. The summed E-state index contributed by atoms with van der Waals surface area (Å²) >= 11 is 6.14. The van der Waals surface area contributed by atoms with Gasteiger partial charge in [0.05, 0.1) is 0 Å². The second-order valence-corrected chi connectivity index (χ2v) is 4.71. The molecule has 0 unspecified atom stereocenters. The lowest BCUT2D eigenvalue weighted by molar-refractivity contribution is 0.478. The Morgan fingerprint density at radius 3 is 2.64 bits per heavy atom. The van der Waals surface area contributed by atoms with E-state index >= 15 is 0 Å². The van der Waals surface area contributed by atoms with Crippen LogP contribution in [0.15, 0.2) is 24.3 Å². The maximum Gasteiger partial charge on any atom is 0.0438 e. The van der Waals surface area contributed by atoms with Crippen LogP contribution in [-0.2, 0) is 6.42 Å². The van der Waals surface area contributed by atoms with E-state index in [0.717, 1.165) is 18.0 Å². The largest absolute Gasteiger partial charge is 0.319 e. The summed E-state index contributed by atoms with van der Waals surface area (Å²) in [7, 11) is 2.02. The number of hydrogen-bond donors (Lipinski definition) is 1. The van der Waals surface area contributed by atoms with E-state index in [1.54, 1.807) is 0 Å². The molecular weight excluding hydrogens is 194 g/mol. The van der Waals surface area contributed by atoms with Crippen molar-refractivity contribution in [3.05, 3.63) is 34.9 Å². The molecule has 0 atom stereocenters. The molecule has 1 aliphatic carbocycles. The predicted molar refractivity (Wildman–Crippen MR) is 60.7 cm³/mol. The highest BCUT2D eigenvalue weighted by Gasteiger charge is 2.41. The maximum atomic E-state index is 6.14. The van der Waals surface area contributed by atoms with E-state index in [9.17, 15) is 0 Å². The van der Waals surface area contributed by atoms with Gasteiger partial charge in [0.2, 0.25) is 0 Å². The molecule has 1 aliphatic rings. The third-order valence-corrected chi connectivity index (χ3v) is 3.40. The van der Waals surface area contributed by atoms with Gasteiger partial charge in [0.15, 0.2) is 0 Å². The summed E-state index contributed by atoms with van der Waals surface area (Å²) in [6.45, 7) is 1.11. The molecule has 2 heteroatoms. The number of rotatable bonds is 4. The average molecular weight is 210 g/mol. The van der Waals surface area contributed by atoms with Crippen LogP contribution in [0.3, 0.4) is 0 Å². The van der Waals surface area contributed by atoms with Crippen molar-refractivity contribution in [3.8, 4) is 0 Å². The molecule has 76 valence electrons. The van der Waals surface area contributed by atoms with Gasteiger partial charge in [-0.3, -0.25) is 0 Å². The van der Waals surface area contributed by atoms with Crippen molar-refractivity contribution in [1.29, 1.82) is 0 Å². The second-order valence-electron chi connectivity index (χ2n) is 4.30.